The Balaban J connectivity index is 2.29. The Morgan fingerprint density at radius 3 is 2.53 bits per heavy atom. The van der Waals surface area contributed by atoms with Crippen molar-refractivity contribution < 1.29 is 14.6 Å². The Morgan fingerprint density at radius 1 is 1.33 bits per heavy atom. The maximum atomic E-state index is 10.2. The Hall–Kier alpha value is -1.06. The van der Waals surface area contributed by atoms with Crippen molar-refractivity contribution in [2.75, 3.05) is 13.2 Å². The van der Waals surface area contributed by atoms with E-state index < -0.39 is 5.60 Å². The van der Waals surface area contributed by atoms with E-state index in [2.05, 4.69) is 0 Å². The lowest BCUT2D eigenvalue weighted by molar-refractivity contribution is -0.185. The third-order valence-corrected chi connectivity index (χ3v) is 2.43. The molecule has 1 heterocycles. The van der Waals surface area contributed by atoms with Crippen molar-refractivity contribution in [3.63, 3.8) is 0 Å². The molecule has 1 aromatic carbocycles. The molecule has 0 saturated carbocycles. The summed E-state index contributed by atoms with van der Waals surface area (Å²) in [6, 6.07) is 7.58. The summed E-state index contributed by atoms with van der Waals surface area (Å²) in [7, 11) is 0. The molecule has 0 unspecified atom stereocenters. The predicted octanol–water partition coefficient (Wildman–Crippen LogP) is 1.69. The number of hydrogen-bond acceptors (Lipinski definition) is 3. The van der Waals surface area contributed by atoms with E-state index in [1.165, 1.54) is 0 Å². The minimum atomic E-state index is -0.856. The van der Waals surface area contributed by atoms with Crippen LogP contribution in [0, 0.1) is 0 Å². The van der Waals surface area contributed by atoms with Crippen molar-refractivity contribution in [1.82, 2.24) is 0 Å². The zero-order chi connectivity index (χ0) is 10.9. The zero-order valence-corrected chi connectivity index (χ0v) is 9.06. The first-order valence-corrected chi connectivity index (χ1v) is 5.18. The third-order valence-electron chi connectivity index (χ3n) is 2.43. The van der Waals surface area contributed by atoms with Crippen LogP contribution in [0.4, 0.5) is 0 Å². The standard InChI is InChI=1S/C12H16O3/c1-9(2)15-11-6-4-3-5-10(11)12(13)7-14-8-12/h3-6,9,13H,7-8H2,1-2H3. The van der Waals surface area contributed by atoms with Crippen molar-refractivity contribution >= 4 is 0 Å². The molecule has 0 amide bonds. The van der Waals surface area contributed by atoms with E-state index >= 15 is 0 Å². The van der Waals surface area contributed by atoms with Crippen LogP contribution >= 0.6 is 0 Å². The van der Waals surface area contributed by atoms with Crippen LogP contribution in [0.3, 0.4) is 0 Å². The second-order valence-corrected chi connectivity index (χ2v) is 4.19. The fraction of sp³-hybridized carbons (Fsp3) is 0.500. The molecule has 1 saturated heterocycles. The van der Waals surface area contributed by atoms with Crippen LogP contribution in [0.5, 0.6) is 5.75 Å². The topological polar surface area (TPSA) is 38.7 Å². The summed E-state index contributed by atoms with van der Waals surface area (Å²) >= 11 is 0. The van der Waals surface area contributed by atoms with Crippen LogP contribution in [-0.4, -0.2) is 24.4 Å². The summed E-state index contributed by atoms with van der Waals surface area (Å²) in [6.45, 7) is 4.65. The number of aliphatic hydroxyl groups is 1. The Morgan fingerprint density at radius 2 is 2.00 bits per heavy atom. The van der Waals surface area contributed by atoms with E-state index in [1.54, 1.807) is 0 Å². The highest BCUT2D eigenvalue weighted by Gasteiger charge is 2.40. The molecule has 15 heavy (non-hydrogen) atoms. The molecule has 82 valence electrons. The average Bonchev–Trinajstić information content (AvgIpc) is 2.14. The molecule has 1 N–H and O–H groups in total. The predicted molar refractivity (Wildman–Crippen MR) is 56.9 cm³/mol. The van der Waals surface area contributed by atoms with E-state index in [9.17, 15) is 5.11 Å². The SMILES string of the molecule is CC(C)Oc1ccccc1C1(O)COC1. The number of ether oxygens (including phenoxy) is 2. The number of para-hydroxylation sites is 1. The highest BCUT2D eigenvalue weighted by atomic mass is 16.5. The van der Waals surface area contributed by atoms with Gasteiger partial charge in [-0.1, -0.05) is 18.2 Å². The lowest BCUT2D eigenvalue weighted by atomic mass is 9.91. The van der Waals surface area contributed by atoms with Gasteiger partial charge in [-0.2, -0.15) is 0 Å². The monoisotopic (exact) mass is 208 g/mol. The quantitative estimate of drug-likeness (QED) is 0.821. The number of hydrogen-bond donors (Lipinski definition) is 1. The third kappa shape index (κ3) is 1.98. The van der Waals surface area contributed by atoms with Crippen molar-refractivity contribution in [2.24, 2.45) is 0 Å². The highest BCUT2D eigenvalue weighted by molar-refractivity contribution is 5.39. The Bertz CT molecular complexity index is 342. The van der Waals surface area contributed by atoms with Gasteiger partial charge in [-0.05, 0) is 19.9 Å². The average molecular weight is 208 g/mol. The summed E-state index contributed by atoms with van der Waals surface area (Å²) in [6.07, 6.45) is 0.107. The molecule has 3 heteroatoms. The number of rotatable bonds is 3. The summed E-state index contributed by atoms with van der Waals surface area (Å²) < 4.78 is 10.7. The summed E-state index contributed by atoms with van der Waals surface area (Å²) in [5.74, 6) is 0.748. The van der Waals surface area contributed by atoms with Gasteiger partial charge >= 0.3 is 0 Å². The fourth-order valence-corrected chi connectivity index (χ4v) is 1.66. The highest BCUT2D eigenvalue weighted by Crippen LogP contribution is 2.35. The van der Waals surface area contributed by atoms with Crippen molar-refractivity contribution in [1.29, 1.82) is 0 Å². The molecule has 2 rings (SSSR count). The molecule has 0 aromatic heterocycles. The van der Waals surface area contributed by atoms with Gasteiger partial charge < -0.3 is 14.6 Å². The lowest BCUT2D eigenvalue weighted by Gasteiger charge is -2.37. The second kappa shape index (κ2) is 3.83. The van der Waals surface area contributed by atoms with Crippen molar-refractivity contribution in [3.05, 3.63) is 29.8 Å². The fourth-order valence-electron chi connectivity index (χ4n) is 1.66. The smallest absolute Gasteiger partial charge is 0.140 e. The van der Waals surface area contributed by atoms with Crippen molar-refractivity contribution in [3.8, 4) is 5.75 Å². The summed E-state index contributed by atoms with van der Waals surface area (Å²) in [5.41, 5.74) is -0.0316. The van der Waals surface area contributed by atoms with Crippen LogP contribution in [0.2, 0.25) is 0 Å². The molecular weight excluding hydrogens is 192 g/mol. The van der Waals surface area contributed by atoms with Gasteiger partial charge in [0, 0.05) is 5.56 Å². The van der Waals surface area contributed by atoms with Crippen LogP contribution in [0.1, 0.15) is 19.4 Å². The van der Waals surface area contributed by atoms with E-state index in [-0.39, 0.29) is 6.10 Å². The van der Waals surface area contributed by atoms with Gasteiger partial charge in [-0.25, -0.2) is 0 Å². The lowest BCUT2D eigenvalue weighted by Crippen LogP contribution is -2.46. The Kier molecular flexibility index (Phi) is 2.67. The maximum Gasteiger partial charge on any atom is 0.140 e. The molecule has 1 fully saturated rings. The first kappa shape index (κ1) is 10.5. The molecule has 0 radical (unpaired) electrons. The first-order chi connectivity index (χ1) is 7.12. The molecule has 0 bridgehead atoms. The van der Waals surface area contributed by atoms with E-state index in [0.717, 1.165) is 11.3 Å². The van der Waals surface area contributed by atoms with Crippen LogP contribution in [0.25, 0.3) is 0 Å². The molecule has 0 aliphatic carbocycles. The minimum Gasteiger partial charge on any atom is -0.491 e. The van der Waals surface area contributed by atoms with Gasteiger partial charge in [0.05, 0.1) is 19.3 Å². The van der Waals surface area contributed by atoms with Gasteiger partial charge in [0.15, 0.2) is 0 Å². The number of benzene rings is 1. The summed E-state index contributed by atoms with van der Waals surface area (Å²) in [4.78, 5) is 0. The van der Waals surface area contributed by atoms with Gasteiger partial charge in [0.25, 0.3) is 0 Å². The van der Waals surface area contributed by atoms with E-state index in [4.69, 9.17) is 9.47 Å². The second-order valence-electron chi connectivity index (χ2n) is 4.19. The van der Waals surface area contributed by atoms with Gasteiger partial charge in [-0.15, -0.1) is 0 Å². The molecule has 1 aromatic rings. The zero-order valence-electron chi connectivity index (χ0n) is 9.06. The van der Waals surface area contributed by atoms with Gasteiger partial charge in [0.1, 0.15) is 11.4 Å². The minimum absolute atomic E-state index is 0.107. The molecule has 3 nitrogen and oxygen atoms in total. The molecule has 1 aliphatic heterocycles. The molecule has 1 aliphatic rings. The first-order valence-electron chi connectivity index (χ1n) is 5.18. The normalized spacial score (nSPS) is 18.7. The van der Waals surface area contributed by atoms with E-state index in [0.29, 0.717) is 13.2 Å². The van der Waals surface area contributed by atoms with Crippen LogP contribution in [-0.2, 0) is 10.3 Å². The van der Waals surface area contributed by atoms with Crippen LogP contribution in [0.15, 0.2) is 24.3 Å². The molecule has 0 atom stereocenters. The largest absolute Gasteiger partial charge is 0.491 e. The van der Waals surface area contributed by atoms with E-state index in [1.807, 2.05) is 38.1 Å². The summed E-state index contributed by atoms with van der Waals surface area (Å²) in [5, 5.41) is 10.2. The maximum absolute atomic E-state index is 10.2. The molecule has 0 spiro atoms. The van der Waals surface area contributed by atoms with Gasteiger partial charge in [0.2, 0.25) is 0 Å². The van der Waals surface area contributed by atoms with Crippen LogP contribution < -0.4 is 4.74 Å². The Labute approximate surface area is 89.6 Å². The van der Waals surface area contributed by atoms with Gasteiger partial charge in [-0.3, -0.25) is 0 Å². The molecular formula is C12H16O3. The van der Waals surface area contributed by atoms with Crippen molar-refractivity contribution in [2.45, 2.75) is 25.6 Å².